The zero-order chi connectivity index (χ0) is 9.47. The molecule has 1 N–H and O–H groups in total. The molecule has 0 aromatic rings. The van der Waals surface area contributed by atoms with E-state index in [9.17, 15) is 0 Å². The third kappa shape index (κ3) is 2.05. The average molecular weight is 183 g/mol. The Labute approximate surface area is 81.0 Å². The lowest BCUT2D eigenvalue weighted by atomic mass is 9.83. The van der Waals surface area contributed by atoms with E-state index in [0.29, 0.717) is 12.1 Å². The topological polar surface area (TPSA) is 21.3 Å². The minimum atomic E-state index is 0.0434. The zero-order valence-corrected chi connectivity index (χ0v) is 8.97. The van der Waals surface area contributed by atoms with Crippen LogP contribution in [0.4, 0.5) is 0 Å². The highest BCUT2D eigenvalue weighted by atomic mass is 16.5. The molecule has 3 atom stereocenters. The van der Waals surface area contributed by atoms with E-state index >= 15 is 0 Å². The Balaban J connectivity index is 1.98. The zero-order valence-electron chi connectivity index (χ0n) is 8.97. The van der Waals surface area contributed by atoms with Crippen LogP contribution in [0.25, 0.3) is 0 Å². The minimum Gasteiger partial charge on any atom is -0.369 e. The van der Waals surface area contributed by atoms with E-state index in [2.05, 4.69) is 26.1 Å². The summed E-state index contributed by atoms with van der Waals surface area (Å²) in [4.78, 5) is 0. The maximum absolute atomic E-state index is 6.06. The van der Waals surface area contributed by atoms with Crippen molar-refractivity contribution in [3.63, 3.8) is 0 Å². The lowest BCUT2D eigenvalue weighted by molar-refractivity contribution is -0.131. The van der Waals surface area contributed by atoms with Crippen molar-refractivity contribution in [3.05, 3.63) is 0 Å². The normalized spacial score (nSPS) is 44.1. The van der Waals surface area contributed by atoms with Gasteiger partial charge in [0.25, 0.3) is 0 Å². The summed E-state index contributed by atoms with van der Waals surface area (Å²) < 4.78 is 6.06. The summed E-state index contributed by atoms with van der Waals surface area (Å²) in [6.07, 6.45) is 4.34. The van der Waals surface area contributed by atoms with Crippen molar-refractivity contribution in [2.45, 2.75) is 57.8 Å². The highest BCUT2D eigenvalue weighted by Crippen LogP contribution is 2.31. The molecule has 2 aliphatic rings. The molecule has 2 nitrogen and oxygen atoms in total. The lowest BCUT2D eigenvalue weighted by Gasteiger charge is -2.45. The van der Waals surface area contributed by atoms with Crippen LogP contribution in [-0.4, -0.2) is 24.3 Å². The van der Waals surface area contributed by atoms with Crippen LogP contribution < -0.4 is 5.32 Å². The fraction of sp³-hybridized carbons (Fsp3) is 1.00. The van der Waals surface area contributed by atoms with Gasteiger partial charge in [-0.05, 0) is 39.0 Å². The molecule has 1 heterocycles. The van der Waals surface area contributed by atoms with Crippen LogP contribution >= 0.6 is 0 Å². The molecule has 1 aliphatic heterocycles. The minimum absolute atomic E-state index is 0.0434. The van der Waals surface area contributed by atoms with Crippen molar-refractivity contribution in [1.82, 2.24) is 5.32 Å². The number of hydrogen-bond acceptors (Lipinski definition) is 2. The predicted molar refractivity (Wildman–Crippen MR) is 53.8 cm³/mol. The predicted octanol–water partition coefficient (Wildman–Crippen LogP) is 1.94. The van der Waals surface area contributed by atoms with Crippen LogP contribution in [0.2, 0.25) is 0 Å². The van der Waals surface area contributed by atoms with Gasteiger partial charge in [-0.25, -0.2) is 0 Å². The quantitative estimate of drug-likeness (QED) is 0.619. The van der Waals surface area contributed by atoms with Gasteiger partial charge in [0.1, 0.15) is 0 Å². The van der Waals surface area contributed by atoms with E-state index in [1.165, 1.54) is 19.3 Å². The van der Waals surface area contributed by atoms with E-state index in [1.54, 1.807) is 0 Å². The monoisotopic (exact) mass is 183 g/mol. The van der Waals surface area contributed by atoms with Gasteiger partial charge in [0.2, 0.25) is 0 Å². The first-order chi connectivity index (χ1) is 6.07. The van der Waals surface area contributed by atoms with E-state index in [1.807, 2.05) is 0 Å². The molecule has 1 saturated carbocycles. The van der Waals surface area contributed by atoms with Gasteiger partial charge in [0.05, 0.1) is 11.7 Å². The second kappa shape index (κ2) is 3.25. The number of morpholine rings is 1. The molecule has 2 fully saturated rings. The van der Waals surface area contributed by atoms with Crippen molar-refractivity contribution in [2.24, 2.45) is 5.92 Å². The summed E-state index contributed by atoms with van der Waals surface area (Å²) in [5, 5.41) is 3.62. The van der Waals surface area contributed by atoms with Gasteiger partial charge in [0.15, 0.2) is 0 Å². The molecule has 0 amide bonds. The van der Waals surface area contributed by atoms with Crippen LogP contribution in [0.15, 0.2) is 0 Å². The Morgan fingerprint density at radius 2 is 2.08 bits per heavy atom. The van der Waals surface area contributed by atoms with Gasteiger partial charge < -0.3 is 10.1 Å². The fourth-order valence-corrected chi connectivity index (χ4v) is 2.54. The van der Waals surface area contributed by atoms with Gasteiger partial charge in [0, 0.05) is 12.6 Å². The van der Waals surface area contributed by atoms with Crippen LogP contribution in [0.1, 0.15) is 40.0 Å². The summed E-state index contributed by atoms with van der Waals surface area (Å²) in [5.74, 6) is 0.874. The van der Waals surface area contributed by atoms with E-state index in [0.717, 1.165) is 12.5 Å². The Hall–Kier alpha value is -0.0800. The molecule has 1 aliphatic carbocycles. The second-order valence-corrected chi connectivity index (χ2v) is 5.32. The third-order valence-corrected chi connectivity index (χ3v) is 3.31. The first-order valence-corrected chi connectivity index (χ1v) is 5.48. The van der Waals surface area contributed by atoms with Gasteiger partial charge in [-0.2, -0.15) is 0 Å². The number of nitrogens with one attached hydrogen (secondary N) is 1. The third-order valence-electron chi connectivity index (χ3n) is 3.31. The van der Waals surface area contributed by atoms with Gasteiger partial charge >= 0.3 is 0 Å². The summed E-state index contributed by atoms with van der Waals surface area (Å²) in [5.41, 5.74) is 0.0434. The maximum atomic E-state index is 6.06. The molecular formula is C11H21NO. The Kier molecular flexibility index (Phi) is 2.37. The van der Waals surface area contributed by atoms with Crippen LogP contribution in [0.3, 0.4) is 0 Å². The van der Waals surface area contributed by atoms with E-state index in [4.69, 9.17) is 4.74 Å². The van der Waals surface area contributed by atoms with Crippen LogP contribution in [0.5, 0.6) is 0 Å². The standard InChI is InChI=1S/C11H21NO/c1-8-4-5-10-9(6-8)12-7-11(2,3)13-10/h8-10,12H,4-7H2,1-3H3. The largest absolute Gasteiger partial charge is 0.369 e. The average Bonchev–Trinajstić information content (AvgIpc) is 2.05. The summed E-state index contributed by atoms with van der Waals surface area (Å²) >= 11 is 0. The van der Waals surface area contributed by atoms with Crippen molar-refractivity contribution in [1.29, 1.82) is 0 Å². The van der Waals surface area contributed by atoms with Crippen molar-refractivity contribution < 1.29 is 4.74 Å². The van der Waals surface area contributed by atoms with Gasteiger partial charge in [-0.3, -0.25) is 0 Å². The molecule has 0 spiro atoms. The fourth-order valence-electron chi connectivity index (χ4n) is 2.54. The smallest absolute Gasteiger partial charge is 0.0755 e. The molecular weight excluding hydrogens is 162 g/mol. The molecule has 1 saturated heterocycles. The first-order valence-electron chi connectivity index (χ1n) is 5.48. The molecule has 76 valence electrons. The highest BCUT2D eigenvalue weighted by molar-refractivity contribution is 4.92. The number of rotatable bonds is 0. The number of ether oxygens (including phenoxy) is 1. The lowest BCUT2D eigenvalue weighted by Crippen LogP contribution is -2.58. The summed E-state index contributed by atoms with van der Waals surface area (Å²) in [6, 6.07) is 0.622. The van der Waals surface area contributed by atoms with Crippen LogP contribution in [-0.2, 0) is 4.74 Å². The first kappa shape index (κ1) is 9.47. The van der Waals surface area contributed by atoms with Crippen molar-refractivity contribution in [2.75, 3.05) is 6.54 Å². The van der Waals surface area contributed by atoms with Gasteiger partial charge in [-0.1, -0.05) is 6.92 Å². The molecule has 0 aromatic heterocycles. The summed E-state index contributed by atoms with van der Waals surface area (Å²) in [7, 11) is 0. The molecule has 0 bridgehead atoms. The van der Waals surface area contributed by atoms with Crippen LogP contribution in [0, 0.1) is 5.92 Å². The van der Waals surface area contributed by atoms with E-state index < -0.39 is 0 Å². The molecule has 13 heavy (non-hydrogen) atoms. The second-order valence-electron chi connectivity index (χ2n) is 5.32. The molecule has 0 radical (unpaired) electrons. The number of fused-ring (bicyclic) bond motifs is 1. The molecule has 2 rings (SSSR count). The van der Waals surface area contributed by atoms with E-state index in [-0.39, 0.29) is 5.60 Å². The Bertz CT molecular complexity index is 191. The molecule has 0 aromatic carbocycles. The number of hydrogen-bond donors (Lipinski definition) is 1. The SMILES string of the molecule is CC1CCC2OC(C)(C)CNC2C1. The van der Waals surface area contributed by atoms with Crippen molar-refractivity contribution >= 4 is 0 Å². The Morgan fingerprint density at radius 3 is 2.85 bits per heavy atom. The highest BCUT2D eigenvalue weighted by Gasteiger charge is 2.37. The summed E-state index contributed by atoms with van der Waals surface area (Å²) in [6.45, 7) is 7.70. The maximum Gasteiger partial charge on any atom is 0.0755 e. The van der Waals surface area contributed by atoms with Gasteiger partial charge in [-0.15, -0.1) is 0 Å². The molecule has 3 unspecified atom stereocenters. The van der Waals surface area contributed by atoms with Crippen molar-refractivity contribution in [3.8, 4) is 0 Å². The Morgan fingerprint density at radius 1 is 1.31 bits per heavy atom. The molecule has 2 heteroatoms.